The van der Waals surface area contributed by atoms with Crippen LogP contribution in [0.4, 0.5) is 0 Å². The maximum Gasteiger partial charge on any atom is 0.148 e. The molecule has 0 spiro atoms. The molecule has 0 aromatic rings. The van der Waals surface area contributed by atoms with Gasteiger partial charge in [-0.15, -0.1) is 0 Å². The fourth-order valence-corrected chi connectivity index (χ4v) is 2.32. The van der Waals surface area contributed by atoms with Crippen LogP contribution in [-0.4, -0.2) is 44.7 Å². The van der Waals surface area contributed by atoms with Crippen LogP contribution in [0.1, 0.15) is 19.3 Å². The van der Waals surface area contributed by atoms with Crippen LogP contribution >= 0.6 is 0 Å². The van der Waals surface area contributed by atoms with E-state index in [1.165, 1.54) is 6.26 Å². The molecule has 0 amide bonds. The van der Waals surface area contributed by atoms with E-state index in [1.54, 1.807) is 0 Å². The maximum absolute atomic E-state index is 10.8. The first-order valence-corrected chi connectivity index (χ1v) is 7.11. The molecule has 0 heterocycles. The Morgan fingerprint density at radius 1 is 1.43 bits per heavy atom. The van der Waals surface area contributed by atoms with Crippen molar-refractivity contribution in [1.82, 2.24) is 5.32 Å². The second-order valence-corrected chi connectivity index (χ2v) is 6.35. The number of aliphatic hydroxyl groups excluding tert-OH is 1. The van der Waals surface area contributed by atoms with Crippen LogP contribution in [-0.2, 0) is 9.84 Å². The van der Waals surface area contributed by atoms with Crippen molar-refractivity contribution in [2.45, 2.75) is 25.4 Å². The number of sulfone groups is 1. The molecule has 2 unspecified atom stereocenters. The van der Waals surface area contributed by atoms with E-state index in [4.69, 9.17) is 0 Å². The zero-order chi connectivity index (χ0) is 10.6. The number of hydrogen-bond donors (Lipinski definition) is 2. The fourth-order valence-electron chi connectivity index (χ4n) is 1.80. The summed E-state index contributed by atoms with van der Waals surface area (Å²) < 4.78 is 21.6. The van der Waals surface area contributed by atoms with Gasteiger partial charge in [-0.05, 0) is 18.8 Å². The van der Waals surface area contributed by atoms with Crippen molar-refractivity contribution in [2.24, 2.45) is 5.92 Å². The first-order chi connectivity index (χ1) is 6.49. The van der Waals surface area contributed by atoms with Crippen LogP contribution in [0.15, 0.2) is 0 Å². The molecule has 0 aromatic heterocycles. The second kappa shape index (κ2) is 5.09. The number of nitrogens with one attached hydrogen (secondary N) is 1. The SMILES string of the molecule is CS(=O)(=O)CCNCC1CCCC1O. The van der Waals surface area contributed by atoms with Gasteiger partial charge < -0.3 is 10.4 Å². The maximum atomic E-state index is 10.8. The van der Waals surface area contributed by atoms with E-state index in [0.29, 0.717) is 12.5 Å². The molecule has 0 saturated heterocycles. The van der Waals surface area contributed by atoms with Gasteiger partial charge in [-0.1, -0.05) is 6.42 Å². The highest BCUT2D eigenvalue weighted by atomic mass is 32.2. The Kier molecular flexibility index (Phi) is 4.34. The van der Waals surface area contributed by atoms with E-state index >= 15 is 0 Å². The summed E-state index contributed by atoms with van der Waals surface area (Å²) in [6.45, 7) is 1.22. The summed E-state index contributed by atoms with van der Waals surface area (Å²) >= 11 is 0. The molecule has 2 atom stereocenters. The lowest BCUT2D eigenvalue weighted by molar-refractivity contribution is 0.132. The molecule has 2 N–H and O–H groups in total. The van der Waals surface area contributed by atoms with Crippen LogP contribution in [0.2, 0.25) is 0 Å². The largest absolute Gasteiger partial charge is 0.393 e. The summed E-state index contributed by atoms with van der Waals surface area (Å²) in [5.74, 6) is 0.491. The third-order valence-corrected chi connectivity index (χ3v) is 3.62. The zero-order valence-electron chi connectivity index (χ0n) is 8.57. The molecular weight excluding hydrogens is 202 g/mol. The summed E-state index contributed by atoms with van der Waals surface area (Å²) in [6.07, 6.45) is 4.06. The van der Waals surface area contributed by atoms with Crippen LogP contribution in [0, 0.1) is 5.92 Å². The molecule has 4 nitrogen and oxygen atoms in total. The molecule has 0 radical (unpaired) electrons. The Hall–Kier alpha value is -0.130. The van der Waals surface area contributed by atoms with Crippen molar-refractivity contribution in [2.75, 3.05) is 25.1 Å². The van der Waals surface area contributed by atoms with Gasteiger partial charge >= 0.3 is 0 Å². The minimum Gasteiger partial charge on any atom is -0.393 e. The first-order valence-electron chi connectivity index (χ1n) is 5.05. The van der Waals surface area contributed by atoms with E-state index in [0.717, 1.165) is 25.8 Å². The Labute approximate surface area is 85.6 Å². The lowest BCUT2D eigenvalue weighted by atomic mass is 10.1. The van der Waals surface area contributed by atoms with Crippen LogP contribution in [0.3, 0.4) is 0 Å². The molecule has 1 aliphatic carbocycles. The zero-order valence-corrected chi connectivity index (χ0v) is 9.39. The lowest BCUT2D eigenvalue weighted by Gasteiger charge is -2.14. The Morgan fingerprint density at radius 3 is 2.64 bits per heavy atom. The van der Waals surface area contributed by atoms with Gasteiger partial charge in [0.05, 0.1) is 11.9 Å². The van der Waals surface area contributed by atoms with E-state index in [9.17, 15) is 13.5 Å². The average Bonchev–Trinajstić information content (AvgIpc) is 2.44. The molecule has 84 valence electrons. The van der Waals surface area contributed by atoms with Crippen molar-refractivity contribution < 1.29 is 13.5 Å². The second-order valence-electron chi connectivity index (χ2n) is 4.09. The summed E-state index contributed by atoms with van der Waals surface area (Å²) in [7, 11) is -2.86. The Morgan fingerprint density at radius 2 is 2.14 bits per heavy atom. The number of aliphatic hydroxyl groups is 1. The molecule has 1 aliphatic rings. The monoisotopic (exact) mass is 221 g/mol. The van der Waals surface area contributed by atoms with Crippen molar-refractivity contribution in [1.29, 1.82) is 0 Å². The van der Waals surface area contributed by atoms with Gasteiger partial charge in [0, 0.05) is 19.3 Å². The summed E-state index contributed by atoms with van der Waals surface area (Å²) in [5.41, 5.74) is 0. The third kappa shape index (κ3) is 4.39. The predicted octanol–water partition coefficient (Wildman–Crippen LogP) is -0.218. The molecule has 0 aromatic carbocycles. The molecule has 0 bridgehead atoms. The van der Waals surface area contributed by atoms with Crippen molar-refractivity contribution in [3.05, 3.63) is 0 Å². The number of rotatable bonds is 5. The highest BCUT2D eigenvalue weighted by Gasteiger charge is 2.24. The van der Waals surface area contributed by atoms with Crippen LogP contribution in [0.5, 0.6) is 0 Å². The summed E-state index contributed by atoms with van der Waals surface area (Å²) in [5, 5.41) is 12.6. The Bertz CT molecular complexity index is 263. The predicted molar refractivity (Wildman–Crippen MR) is 55.9 cm³/mol. The van der Waals surface area contributed by atoms with Crippen molar-refractivity contribution >= 4 is 9.84 Å². The van der Waals surface area contributed by atoms with Gasteiger partial charge in [-0.2, -0.15) is 0 Å². The minimum absolute atomic E-state index is 0.176. The van der Waals surface area contributed by atoms with E-state index in [1.807, 2.05) is 0 Å². The normalized spacial score (nSPS) is 28.1. The van der Waals surface area contributed by atoms with Crippen molar-refractivity contribution in [3.8, 4) is 0 Å². The molecule has 1 rings (SSSR count). The van der Waals surface area contributed by atoms with Crippen LogP contribution < -0.4 is 5.32 Å². The molecule has 1 saturated carbocycles. The molecule has 5 heteroatoms. The van der Waals surface area contributed by atoms with E-state index in [2.05, 4.69) is 5.32 Å². The number of hydrogen-bond acceptors (Lipinski definition) is 4. The minimum atomic E-state index is -2.86. The van der Waals surface area contributed by atoms with Gasteiger partial charge in [-0.25, -0.2) is 8.42 Å². The first kappa shape index (κ1) is 11.9. The fraction of sp³-hybridized carbons (Fsp3) is 1.00. The van der Waals surface area contributed by atoms with Gasteiger partial charge in [0.2, 0.25) is 0 Å². The third-order valence-electron chi connectivity index (χ3n) is 2.68. The Balaban J connectivity index is 2.09. The molecule has 14 heavy (non-hydrogen) atoms. The smallest absolute Gasteiger partial charge is 0.148 e. The molecule has 1 fully saturated rings. The quantitative estimate of drug-likeness (QED) is 0.630. The van der Waals surface area contributed by atoms with Crippen molar-refractivity contribution in [3.63, 3.8) is 0 Å². The van der Waals surface area contributed by atoms with Gasteiger partial charge in [0.1, 0.15) is 9.84 Å². The summed E-state index contributed by atoms with van der Waals surface area (Å²) in [4.78, 5) is 0. The van der Waals surface area contributed by atoms with Crippen LogP contribution in [0.25, 0.3) is 0 Å². The van der Waals surface area contributed by atoms with Gasteiger partial charge in [0.25, 0.3) is 0 Å². The van der Waals surface area contributed by atoms with E-state index in [-0.39, 0.29) is 11.9 Å². The topological polar surface area (TPSA) is 66.4 Å². The average molecular weight is 221 g/mol. The molecular formula is C9H19NO3S. The lowest BCUT2D eigenvalue weighted by Crippen LogP contribution is -2.31. The summed E-state index contributed by atoms with van der Waals surface area (Å²) in [6, 6.07) is 0. The van der Waals surface area contributed by atoms with E-state index < -0.39 is 9.84 Å². The molecule has 0 aliphatic heterocycles. The van der Waals surface area contributed by atoms with Gasteiger partial charge in [-0.3, -0.25) is 0 Å². The highest BCUT2D eigenvalue weighted by Crippen LogP contribution is 2.24. The standard InChI is InChI=1S/C9H19NO3S/c1-14(12,13)6-5-10-7-8-3-2-4-9(8)11/h8-11H,2-7H2,1H3. The highest BCUT2D eigenvalue weighted by molar-refractivity contribution is 7.90. The van der Waals surface area contributed by atoms with Gasteiger partial charge in [0.15, 0.2) is 0 Å².